The van der Waals surface area contributed by atoms with Crippen LogP contribution in [0.15, 0.2) is 47.0 Å². The van der Waals surface area contributed by atoms with Crippen molar-refractivity contribution < 1.29 is 32.4 Å². The highest BCUT2D eigenvalue weighted by atomic mass is 19.1. The topological polar surface area (TPSA) is 93.9 Å². The Balaban J connectivity index is 1.40. The summed E-state index contributed by atoms with van der Waals surface area (Å²) in [6.45, 7) is 2.71. The maximum Gasteiger partial charge on any atom is 0.273 e. The van der Waals surface area contributed by atoms with E-state index in [0.29, 0.717) is 30.5 Å². The van der Waals surface area contributed by atoms with Gasteiger partial charge in [0.2, 0.25) is 6.79 Å². The lowest BCUT2D eigenvalue weighted by Crippen LogP contribution is -2.31. The van der Waals surface area contributed by atoms with Crippen molar-refractivity contribution in [2.24, 2.45) is 0 Å². The number of halogens is 2. The Labute approximate surface area is 194 Å². The molecule has 10 heteroatoms. The van der Waals surface area contributed by atoms with Gasteiger partial charge in [-0.2, -0.15) is 0 Å². The SMILES string of the molecule is CCCCN(Cc1cc(C(=O)NCc2ccc3c(c2)OCO3)no1)C(=O)c1cc(F)cc(F)c1. The van der Waals surface area contributed by atoms with Gasteiger partial charge >= 0.3 is 0 Å². The third-order valence-electron chi connectivity index (χ3n) is 5.21. The van der Waals surface area contributed by atoms with Gasteiger partial charge in [0.15, 0.2) is 23.0 Å². The average Bonchev–Trinajstić information content (AvgIpc) is 3.48. The highest BCUT2D eigenvalue weighted by Crippen LogP contribution is 2.32. The first kappa shape index (κ1) is 23.2. The summed E-state index contributed by atoms with van der Waals surface area (Å²) in [5.41, 5.74) is 0.769. The molecule has 0 aliphatic carbocycles. The number of unbranched alkanes of at least 4 members (excludes halogenated alkanes) is 1. The van der Waals surface area contributed by atoms with Crippen LogP contribution in [0.2, 0.25) is 0 Å². The predicted octanol–water partition coefficient (Wildman–Crippen LogP) is 4.05. The zero-order valence-corrected chi connectivity index (χ0v) is 18.5. The molecule has 1 aliphatic rings. The van der Waals surface area contributed by atoms with Gasteiger partial charge in [0, 0.05) is 30.8 Å². The summed E-state index contributed by atoms with van der Waals surface area (Å²) in [6.07, 6.45) is 1.49. The lowest BCUT2D eigenvalue weighted by Gasteiger charge is -2.21. The Bertz CT molecular complexity index is 1180. The Morgan fingerprint density at radius 1 is 1.06 bits per heavy atom. The fourth-order valence-electron chi connectivity index (χ4n) is 3.47. The molecule has 0 bridgehead atoms. The highest BCUT2D eigenvalue weighted by Gasteiger charge is 2.21. The first-order valence-corrected chi connectivity index (χ1v) is 10.8. The summed E-state index contributed by atoms with van der Waals surface area (Å²) in [6, 6.07) is 9.48. The molecular weight excluding hydrogens is 448 g/mol. The molecule has 178 valence electrons. The van der Waals surface area contributed by atoms with Crippen LogP contribution in [-0.2, 0) is 13.1 Å². The summed E-state index contributed by atoms with van der Waals surface area (Å²) in [4.78, 5) is 26.8. The summed E-state index contributed by atoms with van der Waals surface area (Å²) in [5, 5.41) is 6.54. The van der Waals surface area contributed by atoms with Crippen molar-refractivity contribution in [1.82, 2.24) is 15.4 Å². The Morgan fingerprint density at radius 2 is 1.82 bits per heavy atom. The van der Waals surface area contributed by atoms with Crippen molar-refractivity contribution in [3.63, 3.8) is 0 Å². The standard InChI is InChI=1S/C24H23F2N3O5/c1-2-3-6-29(24(31)16-8-17(25)10-18(26)9-16)13-19-11-20(28-34-19)23(30)27-12-15-4-5-21-22(7-15)33-14-32-21/h4-5,7-11H,2-3,6,12-14H2,1H3,(H,27,30). The molecule has 0 unspecified atom stereocenters. The number of carbonyl (C=O) groups excluding carboxylic acids is 2. The molecule has 34 heavy (non-hydrogen) atoms. The molecule has 0 saturated heterocycles. The zero-order chi connectivity index (χ0) is 24.1. The van der Waals surface area contributed by atoms with Gasteiger partial charge in [-0.25, -0.2) is 8.78 Å². The number of benzene rings is 2. The number of ether oxygens (including phenoxy) is 2. The van der Waals surface area contributed by atoms with Crippen molar-refractivity contribution >= 4 is 11.8 Å². The van der Waals surface area contributed by atoms with Crippen LogP contribution in [0.1, 0.15) is 51.9 Å². The molecular formula is C24H23F2N3O5. The highest BCUT2D eigenvalue weighted by molar-refractivity contribution is 5.94. The van der Waals surface area contributed by atoms with Crippen LogP contribution in [0, 0.1) is 11.6 Å². The Hall–Kier alpha value is -3.95. The smallest absolute Gasteiger partial charge is 0.273 e. The molecule has 1 aromatic heterocycles. The van der Waals surface area contributed by atoms with E-state index >= 15 is 0 Å². The summed E-state index contributed by atoms with van der Waals surface area (Å²) in [7, 11) is 0. The van der Waals surface area contributed by atoms with Gasteiger partial charge < -0.3 is 24.2 Å². The van der Waals surface area contributed by atoms with Crippen LogP contribution < -0.4 is 14.8 Å². The van der Waals surface area contributed by atoms with Gasteiger partial charge in [0.25, 0.3) is 11.8 Å². The quantitative estimate of drug-likeness (QED) is 0.506. The number of nitrogens with one attached hydrogen (secondary N) is 1. The van der Waals surface area contributed by atoms with E-state index in [0.717, 1.165) is 24.1 Å². The van der Waals surface area contributed by atoms with Crippen molar-refractivity contribution in [2.45, 2.75) is 32.9 Å². The van der Waals surface area contributed by atoms with E-state index in [1.54, 1.807) is 12.1 Å². The van der Waals surface area contributed by atoms with Gasteiger partial charge in [0.05, 0.1) is 6.54 Å². The lowest BCUT2D eigenvalue weighted by molar-refractivity contribution is 0.0723. The fourth-order valence-corrected chi connectivity index (χ4v) is 3.47. The maximum absolute atomic E-state index is 13.6. The fraction of sp³-hybridized carbons (Fsp3) is 0.292. The number of nitrogens with zero attached hydrogens (tertiary/aromatic N) is 2. The summed E-state index contributed by atoms with van der Waals surface area (Å²) in [5.74, 6) is -1.12. The minimum atomic E-state index is -0.833. The van der Waals surface area contributed by atoms with E-state index in [1.165, 1.54) is 11.0 Å². The van der Waals surface area contributed by atoms with Crippen molar-refractivity contribution in [1.29, 1.82) is 0 Å². The minimum Gasteiger partial charge on any atom is -0.454 e. The van der Waals surface area contributed by atoms with Crippen molar-refractivity contribution in [2.75, 3.05) is 13.3 Å². The van der Waals surface area contributed by atoms with Crippen molar-refractivity contribution in [3.05, 3.63) is 76.7 Å². The number of amides is 2. The first-order valence-electron chi connectivity index (χ1n) is 10.8. The molecule has 1 aliphatic heterocycles. The Morgan fingerprint density at radius 3 is 2.59 bits per heavy atom. The number of hydrogen-bond donors (Lipinski definition) is 1. The van der Waals surface area contributed by atoms with Gasteiger partial charge in [-0.1, -0.05) is 24.6 Å². The van der Waals surface area contributed by atoms with Gasteiger partial charge in [0.1, 0.15) is 11.6 Å². The van der Waals surface area contributed by atoms with E-state index in [2.05, 4.69) is 10.5 Å². The molecule has 0 fully saturated rings. The van der Waals surface area contributed by atoms with E-state index in [1.807, 2.05) is 13.0 Å². The van der Waals surface area contributed by atoms with Gasteiger partial charge in [-0.05, 0) is 36.2 Å². The average molecular weight is 471 g/mol. The molecule has 2 amide bonds. The lowest BCUT2D eigenvalue weighted by atomic mass is 10.1. The van der Waals surface area contributed by atoms with E-state index in [9.17, 15) is 18.4 Å². The molecule has 0 spiro atoms. The van der Waals surface area contributed by atoms with Crippen LogP contribution >= 0.6 is 0 Å². The predicted molar refractivity (Wildman–Crippen MR) is 116 cm³/mol. The second-order valence-electron chi connectivity index (χ2n) is 7.79. The zero-order valence-electron chi connectivity index (χ0n) is 18.5. The monoisotopic (exact) mass is 471 g/mol. The third kappa shape index (κ3) is 5.51. The number of hydrogen-bond acceptors (Lipinski definition) is 6. The second kappa shape index (κ2) is 10.3. The molecule has 0 saturated carbocycles. The number of carbonyl (C=O) groups is 2. The molecule has 1 N–H and O–H groups in total. The van der Waals surface area contributed by atoms with Crippen LogP contribution in [0.3, 0.4) is 0 Å². The van der Waals surface area contributed by atoms with Crippen LogP contribution in [0.4, 0.5) is 8.78 Å². The molecule has 0 radical (unpaired) electrons. The van der Waals surface area contributed by atoms with E-state index in [4.69, 9.17) is 14.0 Å². The van der Waals surface area contributed by atoms with Crippen LogP contribution in [-0.4, -0.2) is 35.2 Å². The number of fused-ring (bicyclic) bond motifs is 1. The molecule has 0 atom stereocenters. The first-order chi connectivity index (χ1) is 16.4. The number of aromatic nitrogens is 1. The maximum atomic E-state index is 13.6. The largest absolute Gasteiger partial charge is 0.454 e. The van der Waals surface area contributed by atoms with E-state index in [-0.39, 0.29) is 36.9 Å². The van der Waals surface area contributed by atoms with Crippen molar-refractivity contribution in [3.8, 4) is 11.5 Å². The van der Waals surface area contributed by atoms with Crippen LogP contribution in [0.5, 0.6) is 11.5 Å². The normalized spacial score (nSPS) is 12.0. The molecule has 3 aromatic rings. The molecule has 2 heterocycles. The van der Waals surface area contributed by atoms with Crippen LogP contribution in [0.25, 0.3) is 0 Å². The second-order valence-corrected chi connectivity index (χ2v) is 7.79. The number of rotatable bonds is 9. The summed E-state index contributed by atoms with van der Waals surface area (Å²) >= 11 is 0. The Kier molecular flexibility index (Phi) is 7.05. The third-order valence-corrected chi connectivity index (χ3v) is 5.21. The van der Waals surface area contributed by atoms with Gasteiger partial charge in [-0.15, -0.1) is 0 Å². The minimum absolute atomic E-state index is 0.000589. The van der Waals surface area contributed by atoms with Gasteiger partial charge in [-0.3, -0.25) is 9.59 Å². The molecule has 4 rings (SSSR count). The molecule has 2 aromatic carbocycles. The van der Waals surface area contributed by atoms with E-state index < -0.39 is 23.4 Å². The summed E-state index contributed by atoms with van der Waals surface area (Å²) < 4.78 is 43.0. The molecule has 8 nitrogen and oxygen atoms in total.